The summed E-state index contributed by atoms with van der Waals surface area (Å²) in [5.74, 6) is 0.874. The predicted octanol–water partition coefficient (Wildman–Crippen LogP) is 7.19. The number of halogens is 2. The number of carbonyl (C=O) groups is 1. The zero-order valence-electron chi connectivity index (χ0n) is 18.7. The molecule has 0 atom stereocenters. The summed E-state index contributed by atoms with van der Waals surface area (Å²) in [6, 6.07) is 17.1. The lowest BCUT2D eigenvalue weighted by Crippen LogP contribution is -2.02. The number of aryl methyl sites for hydroxylation is 1. The second kappa shape index (κ2) is 13.3. The third-order valence-electron chi connectivity index (χ3n) is 4.89. The number of carboxylic acids is 1. The highest BCUT2D eigenvalue weighted by Gasteiger charge is 2.10. The van der Waals surface area contributed by atoms with Crippen LogP contribution in [-0.4, -0.2) is 29.8 Å². The molecule has 0 aliphatic rings. The second-order valence-electron chi connectivity index (χ2n) is 7.35. The summed E-state index contributed by atoms with van der Waals surface area (Å²) in [7, 11) is 1.65. The van der Waals surface area contributed by atoms with Gasteiger partial charge in [-0.3, -0.25) is 0 Å². The van der Waals surface area contributed by atoms with Crippen LogP contribution in [0.15, 0.2) is 65.6 Å². The highest BCUT2D eigenvalue weighted by atomic mass is 35.5. The van der Waals surface area contributed by atoms with Gasteiger partial charge in [0.1, 0.15) is 17.2 Å². The molecule has 0 saturated heterocycles. The number of aliphatic carboxylic acids is 1. The lowest BCUT2D eigenvalue weighted by molar-refractivity contribution is -0.131. The van der Waals surface area contributed by atoms with Gasteiger partial charge in [-0.15, -0.1) is 11.8 Å². The number of methoxy groups -OCH3 is 1. The number of pyridine rings is 1. The highest BCUT2D eigenvalue weighted by Crippen LogP contribution is 2.35. The summed E-state index contributed by atoms with van der Waals surface area (Å²) < 4.78 is 11.1. The minimum atomic E-state index is -1.05. The number of rotatable bonds is 12. The van der Waals surface area contributed by atoms with Gasteiger partial charge in [-0.2, -0.15) is 0 Å². The Morgan fingerprint density at radius 2 is 1.79 bits per heavy atom. The van der Waals surface area contributed by atoms with E-state index in [0.29, 0.717) is 33.8 Å². The number of thioether (sulfide) groups is 1. The summed E-state index contributed by atoms with van der Waals surface area (Å²) >= 11 is 14.0. The fourth-order valence-electron chi connectivity index (χ4n) is 3.15. The molecule has 0 radical (unpaired) electrons. The SMILES string of the molecule is COc1ccc(CCCCOc2ccc(CSc3c(Cl)cccc3Cl)nc2/C=C/C(=O)O)cc1. The Bertz CT molecular complexity index is 1120. The molecular formula is C26H25Cl2NO4S. The van der Waals surface area contributed by atoms with Crippen LogP contribution in [0.4, 0.5) is 0 Å². The normalized spacial score (nSPS) is 11.0. The zero-order valence-corrected chi connectivity index (χ0v) is 21.0. The number of nitrogens with zero attached hydrogens (tertiary/aromatic N) is 1. The maximum absolute atomic E-state index is 11.0. The largest absolute Gasteiger partial charge is 0.497 e. The number of unbranched alkanes of at least 4 members (excludes halogenated alkanes) is 1. The molecule has 0 unspecified atom stereocenters. The van der Waals surface area contributed by atoms with Gasteiger partial charge < -0.3 is 14.6 Å². The summed E-state index contributed by atoms with van der Waals surface area (Å²) in [6.45, 7) is 0.509. The molecule has 8 heteroatoms. The van der Waals surface area contributed by atoms with Crippen LogP contribution in [0.5, 0.6) is 11.5 Å². The molecule has 178 valence electrons. The van der Waals surface area contributed by atoms with Gasteiger partial charge in [0, 0.05) is 16.7 Å². The highest BCUT2D eigenvalue weighted by molar-refractivity contribution is 7.98. The maximum Gasteiger partial charge on any atom is 0.328 e. The van der Waals surface area contributed by atoms with Crippen LogP contribution < -0.4 is 9.47 Å². The number of benzene rings is 2. The molecule has 0 saturated carbocycles. The van der Waals surface area contributed by atoms with E-state index < -0.39 is 5.97 Å². The van der Waals surface area contributed by atoms with Crippen molar-refractivity contribution in [3.63, 3.8) is 0 Å². The van der Waals surface area contributed by atoms with E-state index in [2.05, 4.69) is 17.1 Å². The van der Waals surface area contributed by atoms with Crippen molar-refractivity contribution in [2.75, 3.05) is 13.7 Å². The number of hydrogen-bond acceptors (Lipinski definition) is 5. The van der Waals surface area contributed by atoms with E-state index in [9.17, 15) is 4.79 Å². The fraction of sp³-hybridized carbons (Fsp3) is 0.231. The first-order chi connectivity index (χ1) is 16.5. The molecule has 0 amide bonds. The second-order valence-corrected chi connectivity index (χ2v) is 9.15. The third-order valence-corrected chi connectivity index (χ3v) is 6.91. The number of ether oxygens (including phenoxy) is 2. The van der Waals surface area contributed by atoms with Gasteiger partial charge in [-0.25, -0.2) is 9.78 Å². The van der Waals surface area contributed by atoms with E-state index >= 15 is 0 Å². The van der Waals surface area contributed by atoms with Crippen molar-refractivity contribution >= 4 is 47.0 Å². The molecule has 0 fully saturated rings. The molecule has 1 aromatic heterocycles. The molecule has 3 rings (SSSR count). The van der Waals surface area contributed by atoms with E-state index in [1.807, 2.05) is 24.3 Å². The van der Waals surface area contributed by atoms with Crippen molar-refractivity contribution < 1.29 is 19.4 Å². The maximum atomic E-state index is 11.0. The number of carboxylic acid groups (broad SMARTS) is 1. The van der Waals surface area contributed by atoms with Crippen LogP contribution in [0, 0.1) is 0 Å². The van der Waals surface area contributed by atoms with E-state index in [4.69, 9.17) is 37.8 Å². The summed E-state index contributed by atoms with van der Waals surface area (Å²) in [4.78, 5) is 16.4. The summed E-state index contributed by atoms with van der Waals surface area (Å²) in [5, 5.41) is 10.2. The van der Waals surface area contributed by atoms with Gasteiger partial charge >= 0.3 is 5.97 Å². The van der Waals surface area contributed by atoms with Crippen LogP contribution in [-0.2, 0) is 17.0 Å². The topological polar surface area (TPSA) is 68.7 Å². The van der Waals surface area contributed by atoms with Crippen molar-refractivity contribution in [2.24, 2.45) is 0 Å². The molecule has 1 heterocycles. The predicted molar refractivity (Wildman–Crippen MR) is 138 cm³/mol. The number of aromatic nitrogens is 1. The van der Waals surface area contributed by atoms with E-state index in [1.165, 1.54) is 23.4 Å². The third kappa shape index (κ3) is 7.97. The average Bonchev–Trinajstić information content (AvgIpc) is 2.83. The summed E-state index contributed by atoms with van der Waals surface area (Å²) in [5.41, 5.74) is 2.48. The van der Waals surface area contributed by atoms with E-state index in [0.717, 1.165) is 41.7 Å². The van der Waals surface area contributed by atoms with Crippen molar-refractivity contribution in [1.29, 1.82) is 0 Å². The molecular weight excluding hydrogens is 493 g/mol. The minimum Gasteiger partial charge on any atom is -0.497 e. The molecule has 0 spiro atoms. The molecule has 0 aliphatic carbocycles. The molecule has 1 N–H and O–H groups in total. The standard InChI is InChI=1S/C26H25Cl2NO4S/c1-32-20-11-8-18(9-12-20)5-2-3-16-33-24-14-10-19(29-23(24)13-15-25(30)31)17-34-26-21(27)6-4-7-22(26)28/h4,6-15H,2-3,5,16-17H2,1H3,(H,30,31)/b15-13+. The molecule has 5 nitrogen and oxygen atoms in total. The molecule has 34 heavy (non-hydrogen) atoms. The van der Waals surface area contributed by atoms with Crippen molar-refractivity contribution in [3.8, 4) is 11.5 Å². The molecule has 0 bridgehead atoms. The fourth-order valence-corrected chi connectivity index (χ4v) is 4.74. The molecule has 2 aromatic carbocycles. The first kappa shape index (κ1) is 25.9. The van der Waals surface area contributed by atoms with Gasteiger partial charge in [0.2, 0.25) is 0 Å². The Morgan fingerprint density at radius 3 is 2.47 bits per heavy atom. The van der Waals surface area contributed by atoms with Gasteiger partial charge in [0.25, 0.3) is 0 Å². The minimum absolute atomic E-state index is 0.473. The van der Waals surface area contributed by atoms with Crippen LogP contribution in [0.2, 0.25) is 10.0 Å². The molecule has 3 aromatic rings. The van der Waals surface area contributed by atoms with Gasteiger partial charge in [0.15, 0.2) is 0 Å². The quantitative estimate of drug-likeness (QED) is 0.156. The van der Waals surface area contributed by atoms with Crippen LogP contribution in [0.25, 0.3) is 6.08 Å². The lowest BCUT2D eigenvalue weighted by Gasteiger charge is -2.11. The summed E-state index contributed by atoms with van der Waals surface area (Å²) in [6.07, 6.45) is 5.27. The smallest absolute Gasteiger partial charge is 0.328 e. The Hall–Kier alpha value is -2.67. The lowest BCUT2D eigenvalue weighted by atomic mass is 10.1. The van der Waals surface area contributed by atoms with Crippen molar-refractivity contribution in [3.05, 3.63) is 87.7 Å². The van der Waals surface area contributed by atoms with Crippen molar-refractivity contribution in [2.45, 2.75) is 29.9 Å². The van der Waals surface area contributed by atoms with Crippen LogP contribution in [0.1, 0.15) is 29.8 Å². The number of hydrogen-bond donors (Lipinski definition) is 1. The Balaban J connectivity index is 1.58. The van der Waals surface area contributed by atoms with E-state index in [-0.39, 0.29) is 0 Å². The van der Waals surface area contributed by atoms with Crippen LogP contribution >= 0.6 is 35.0 Å². The van der Waals surface area contributed by atoms with Gasteiger partial charge in [-0.05, 0) is 67.3 Å². The van der Waals surface area contributed by atoms with E-state index in [1.54, 1.807) is 25.3 Å². The Kier molecular flexibility index (Phi) is 10.1. The van der Waals surface area contributed by atoms with Crippen molar-refractivity contribution in [1.82, 2.24) is 4.98 Å². The Labute approximate surface area is 213 Å². The van der Waals surface area contributed by atoms with Gasteiger partial charge in [-0.1, -0.05) is 41.4 Å². The first-order valence-corrected chi connectivity index (χ1v) is 12.4. The zero-order chi connectivity index (χ0) is 24.3. The Morgan fingerprint density at radius 1 is 1.06 bits per heavy atom. The first-order valence-electron chi connectivity index (χ1n) is 10.7. The molecule has 0 aliphatic heterocycles. The monoisotopic (exact) mass is 517 g/mol. The van der Waals surface area contributed by atoms with Crippen LogP contribution in [0.3, 0.4) is 0 Å². The van der Waals surface area contributed by atoms with Gasteiger partial charge in [0.05, 0.1) is 29.5 Å². The average molecular weight is 518 g/mol.